The van der Waals surface area contributed by atoms with Gasteiger partial charge in [-0.1, -0.05) is 0 Å². The quantitative estimate of drug-likeness (QED) is 0.596. The first-order chi connectivity index (χ1) is 12.3. The summed E-state index contributed by atoms with van der Waals surface area (Å²) >= 11 is 0. The molecule has 0 spiro atoms. The minimum absolute atomic E-state index is 0.791. The van der Waals surface area contributed by atoms with Gasteiger partial charge in [-0.05, 0) is 13.8 Å². The zero-order valence-electron chi connectivity index (χ0n) is 14.4. The lowest BCUT2D eigenvalue weighted by molar-refractivity contribution is 0.586. The Bertz CT molecular complexity index is 1090. The van der Waals surface area contributed by atoms with E-state index in [9.17, 15) is 0 Å². The molecule has 0 aromatic carbocycles. The van der Waals surface area contributed by atoms with E-state index < -0.39 is 0 Å². The summed E-state index contributed by atoms with van der Waals surface area (Å²) in [4.78, 5) is 11.9. The molecule has 5 rings (SSSR count). The van der Waals surface area contributed by atoms with Crippen LogP contribution in [0.5, 0.6) is 0 Å². The van der Waals surface area contributed by atoms with Crippen molar-refractivity contribution in [1.29, 1.82) is 0 Å². The van der Waals surface area contributed by atoms with Crippen LogP contribution in [0.4, 0.5) is 5.82 Å². The number of anilines is 1. The monoisotopic (exact) mass is 336 g/mol. The number of piperazine rings is 1. The number of nitrogens with one attached hydrogen (secondary N) is 1. The van der Waals surface area contributed by atoms with Gasteiger partial charge in [-0.25, -0.2) is 19.2 Å². The predicted molar refractivity (Wildman–Crippen MR) is 97.1 cm³/mol. The third kappa shape index (κ3) is 2.10. The van der Waals surface area contributed by atoms with Crippen LogP contribution < -0.4 is 10.2 Å². The van der Waals surface area contributed by atoms with Crippen LogP contribution in [0.1, 0.15) is 12.6 Å². The van der Waals surface area contributed by atoms with E-state index in [-0.39, 0.29) is 0 Å². The molecule has 1 aliphatic rings. The summed E-state index contributed by atoms with van der Waals surface area (Å²) in [5.41, 5.74) is 3.76. The lowest BCUT2D eigenvalue weighted by Gasteiger charge is -2.29. The van der Waals surface area contributed by atoms with E-state index in [1.54, 1.807) is 0 Å². The fourth-order valence-electron chi connectivity index (χ4n) is 3.65. The lowest BCUT2D eigenvalue weighted by atomic mass is 10.2. The second kappa shape index (κ2) is 5.38. The first kappa shape index (κ1) is 14.6. The second-order valence-corrected chi connectivity index (χ2v) is 6.45. The van der Waals surface area contributed by atoms with E-state index in [0.29, 0.717) is 0 Å². The van der Waals surface area contributed by atoms with Gasteiger partial charge in [0, 0.05) is 45.0 Å². The number of aromatic nitrogens is 6. The third-order valence-corrected chi connectivity index (χ3v) is 4.84. The van der Waals surface area contributed by atoms with Gasteiger partial charge in [0.15, 0.2) is 11.3 Å². The molecule has 8 nitrogen and oxygen atoms in total. The number of pyridine rings is 1. The third-order valence-electron chi connectivity index (χ3n) is 4.84. The fourth-order valence-corrected chi connectivity index (χ4v) is 3.65. The van der Waals surface area contributed by atoms with Crippen molar-refractivity contribution in [3.8, 4) is 0 Å². The number of rotatable bonds is 2. The van der Waals surface area contributed by atoms with E-state index in [2.05, 4.69) is 32.3 Å². The first-order valence-electron chi connectivity index (χ1n) is 8.72. The summed E-state index contributed by atoms with van der Waals surface area (Å²) in [6, 6.07) is 2.03. The average Bonchev–Trinajstić information content (AvgIpc) is 3.23. The van der Waals surface area contributed by atoms with Crippen molar-refractivity contribution in [3.05, 3.63) is 24.2 Å². The van der Waals surface area contributed by atoms with Crippen molar-refractivity contribution in [2.45, 2.75) is 20.4 Å². The van der Waals surface area contributed by atoms with Gasteiger partial charge in [0.05, 0.1) is 28.2 Å². The highest BCUT2D eigenvalue weighted by atomic mass is 15.3. The second-order valence-electron chi connectivity index (χ2n) is 6.45. The molecule has 5 heterocycles. The Balaban J connectivity index is 1.90. The molecule has 4 aromatic heterocycles. The molecule has 0 bridgehead atoms. The van der Waals surface area contributed by atoms with E-state index >= 15 is 0 Å². The van der Waals surface area contributed by atoms with Gasteiger partial charge >= 0.3 is 0 Å². The summed E-state index contributed by atoms with van der Waals surface area (Å²) < 4.78 is 3.85. The molecule has 1 fully saturated rings. The van der Waals surface area contributed by atoms with Gasteiger partial charge < -0.3 is 10.2 Å². The Labute approximate surface area is 144 Å². The molecule has 8 heteroatoms. The fraction of sp³-hybridized carbons (Fsp3) is 0.412. The van der Waals surface area contributed by atoms with Gasteiger partial charge in [0.1, 0.15) is 5.82 Å². The highest BCUT2D eigenvalue weighted by molar-refractivity contribution is 6.06. The molecule has 1 N–H and O–H groups in total. The molecule has 4 aromatic rings. The highest BCUT2D eigenvalue weighted by Crippen LogP contribution is 2.31. The van der Waals surface area contributed by atoms with Crippen molar-refractivity contribution in [2.75, 3.05) is 31.1 Å². The van der Waals surface area contributed by atoms with Crippen LogP contribution in [-0.4, -0.2) is 55.5 Å². The van der Waals surface area contributed by atoms with Gasteiger partial charge in [-0.3, -0.25) is 0 Å². The molecular weight excluding hydrogens is 316 g/mol. The van der Waals surface area contributed by atoms with E-state index in [1.165, 1.54) is 0 Å². The van der Waals surface area contributed by atoms with Crippen molar-refractivity contribution in [1.82, 2.24) is 34.7 Å². The normalized spacial score (nSPS) is 15.7. The maximum atomic E-state index is 4.91. The van der Waals surface area contributed by atoms with Crippen LogP contribution in [0.25, 0.3) is 27.6 Å². The maximum Gasteiger partial charge on any atom is 0.159 e. The minimum atomic E-state index is 0.791. The lowest BCUT2D eigenvalue weighted by Crippen LogP contribution is -2.44. The number of nitrogens with zero attached hydrogens (tertiary/aromatic N) is 7. The van der Waals surface area contributed by atoms with Crippen molar-refractivity contribution >= 4 is 33.4 Å². The molecule has 1 aliphatic heterocycles. The number of aryl methyl sites for hydroxylation is 2. The zero-order valence-corrected chi connectivity index (χ0v) is 14.4. The molecule has 0 radical (unpaired) electrons. The smallest absolute Gasteiger partial charge is 0.159 e. The van der Waals surface area contributed by atoms with Crippen molar-refractivity contribution in [2.24, 2.45) is 0 Å². The standard InChI is InChI=1S/C17H20N8/c1-3-24-16-13(10-20-24)15-12(9-19-16)17(23-6-4-18-5-7-23)21-14-8-11(2)22-25(14)15/h8-10,18H,3-7H2,1-2H3. The number of hydrogen-bond donors (Lipinski definition) is 1. The maximum absolute atomic E-state index is 4.91. The van der Waals surface area contributed by atoms with Gasteiger partial charge in [0.2, 0.25) is 0 Å². The average molecular weight is 336 g/mol. The largest absolute Gasteiger partial charge is 0.353 e. The van der Waals surface area contributed by atoms with Crippen molar-refractivity contribution < 1.29 is 0 Å². The molecule has 1 saturated heterocycles. The Morgan fingerprint density at radius 2 is 2.00 bits per heavy atom. The Kier molecular flexibility index (Phi) is 3.14. The van der Waals surface area contributed by atoms with Gasteiger partial charge in [0.25, 0.3) is 0 Å². The SMILES string of the molecule is CCn1ncc2c1ncc1c(N3CCNCC3)nc3cc(C)nn3c12. The van der Waals surface area contributed by atoms with Crippen molar-refractivity contribution in [3.63, 3.8) is 0 Å². The van der Waals surface area contributed by atoms with Crippen LogP contribution in [0.15, 0.2) is 18.5 Å². The number of hydrogen-bond acceptors (Lipinski definition) is 6. The molecular formula is C17H20N8. The van der Waals surface area contributed by atoms with Crippen LogP contribution >= 0.6 is 0 Å². The Morgan fingerprint density at radius 1 is 1.16 bits per heavy atom. The summed E-state index contributed by atoms with van der Waals surface area (Å²) in [6.45, 7) is 8.68. The predicted octanol–water partition coefficient (Wildman–Crippen LogP) is 1.37. The molecule has 128 valence electrons. The van der Waals surface area contributed by atoms with E-state index in [0.717, 1.165) is 71.8 Å². The van der Waals surface area contributed by atoms with E-state index in [1.807, 2.05) is 34.6 Å². The molecule has 0 saturated carbocycles. The minimum Gasteiger partial charge on any atom is -0.353 e. The van der Waals surface area contributed by atoms with Gasteiger partial charge in [-0.2, -0.15) is 10.2 Å². The molecule has 0 unspecified atom stereocenters. The molecule has 25 heavy (non-hydrogen) atoms. The zero-order chi connectivity index (χ0) is 17.0. The van der Waals surface area contributed by atoms with Crippen LogP contribution in [0.3, 0.4) is 0 Å². The molecule has 0 atom stereocenters. The van der Waals surface area contributed by atoms with Crippen LogP contribution in [0, 0.1) is 6.92 Å². The summed E-state index contributed by atoms with van der Waals surface area (Å²) in [7, 11) is 0. The van der Waals surface area contributed by atoms with E-state index in [4.69, 9.17) is 4.98 Å². The number of fused-ring (bicyclic) bond motifs is 5. The van der Waals surface area contributed by atoms with Gasteiger partial charge in [-0.15, -0.1) is 0 Å². The van der Waals surface area contributed by atoms with Crippen LogP contribution in [0.2, 0.25) is 0 Å². The Hall–Kier alpha value is -2.74. The first-order valence-corrected chi connectivity index (χ1v) is 8.72. The Morgan fingerprint density at radius 3 is 2.80 bits per heavy atom. The molecule has 0 aliphatic carbocycles. The highest BCUT2D eigenvalue weighted by Gasteiger charge is 2.20. The summed E-state index contributed by atoms with van der Waals surface area (Å²) in [6.07, 6.45) is 3.82. The summed E-state index contributed by atoms with van der Waals surface area (Å²) in [5, 5.41) is 14.6. The summed E-state index contributed by atoms with van der Waals surface area (Å²) in [5.74, 6) is 0.988. The topological polar surface area (TPSA) is 76.2 Å². The van der Waals surface area contributed by atoms with Crippen LogP contribution in [-0.2, 0) is 6.54 Å². The molecule has 0 amide bonds.